The summed E-state index contributed by atoms with van der Waals surface area (Å²) in [7, 11) is 1.44. The van der Waals surface area contributed by atoms with Crippen LogP contribution in [-0.2, 0) is 9.59 Å². The van der Waals surface area contributed by atoms with E-state index in [-0.39, 0.29) is 11.8 Å². The molecule has 0 aromatic heterocycles. The SMILES string of the molecule is COc1cc(C=NNC(=O)C(NC(=O)c2ccc(C)cc2)C(C)C)cc(I)c1OCC(=O)O. The molecule has 33 heavy (non-hydrogen) atoms. The third-order valence-electron chi connectivity index (χ3n) is 4.53. The number of carbonyl (C=O) groups excluding carboxylic acids is 2. The number of nitrogens with one attached hydrogen (secondary N) is 2. The largest absolute Gasteiger partial charge is 0.493 e. The summed E-state index contributed by atoms with van der Waals surface area (Å²) in [6.45, 7) is 5.08. The number of ether oxygens (including phenoxy) is 2. The van der Waals surface area contributed by atoms with Gasteiger partial charge in [0.15, 0.2) is 18.1 Å². The monoisotopic (exact) mass is 567 g/mol. The van der Waals surface area contributed by atoms with Gasteiger partial charge in [-0.25, -0.2) is 10.2 Å². The Morgan fingerprint density at radius 2 is 1.85 bits per heavy atom. The van der Waals surface area contributed by atoms with Crippen molar-refractivity contribution in [3.63, 3.8) is 0 Å². The molecule has 1 atom stereocenters. The van der Waals surface area contributed by atoms with Crippen molar-refractivity contribution in [3.8, 4) is 11.5 Å². The highest BCUT2D eigenvalue weighted by molar-refractivity contribution is 14.1. The Balaban J connectivity index is 2.08. The van der Waals surface area contributed by atoms with Crippen LogP contribution in [0.1, 0.15) is 35.3 Å². The van der Waals surface area contributed by atoms with Crippen LogP contribution >= 0.6 is 22.6 Å². The van der Waals surface area contributed by atoms with Crippen molar-refractivity contribution in [2.24, 2.45) is 11.0 Å². The van der Waals surface area contributed by atoms with Gasteiger partial charge in [0.1, 0.15) is 6.04 Å². The van der Waals surface area contributed by atoms with Gasteiger partial charge < -0.3 is 19.9 Å². The van der Waals surface area contributed by atoms with Gasteiger partial charge in [-0.15, -0.1) is 0 Å². The fraction of sp³-hybridized carbons (Fsp3) is 0.304. The van der Waals surface area contributed by atoms with E-state index < -0.39 is 24.5 Å². The molecule has 0 aliphatic heterocycles. The number of amides is 2. The number of rotatable bonds is 10. The second-order valence-corrected chi connectivity index (χ2v) is 8.67. The topological polar surface area (TPSA) is 126 Å². The van der Waals surface area contributed by atoms with Crippen molar-refractivity contribution in [2.45, 2.75) is 26.8 Å². The van der Waals surface area contributed by atoms with Crippen molar-refractivity contribution in [3.05, 3.63) is 56.7 Å². The van der Waals surface area contributed by atoms with E-state index in [4.69, 9.17) is 14.6 Å². The van der Waals surface area contributed by atoms with Gasteiger partial charge in [0.25, 0.3) is 11.8 Å². The molecule has 2 aromatic rings. The molecule has 9 nitrogen and oxygen atoms in total. The molecular weight excluding hydrogens is 541 g/mol. The maximum absolute atomic E-state index is 12.6. The maximum atomic E-state index is 12.6. The summed E-state index contributed by atoms with van der Waals surface area (Å²) < 4.78 is 11.2. The number of hydrogen-bond donors (Lipinski definition) is 3. The van der Waals surface area contributed by atoms with Crippen LogP contribution in [0.3, 0.4) is 0 Å². The van der Waals surface area contributed by atoms with E-state index >= 15 is 0 Å². The minimum atomic E-state index is -1.10. The van der Waals surface area contributed by atoms with Gasteiger partial charge in [-0.1, -0.05) is 31.5 Å². The lowest BCUT2D eigenvalue weighted by atomic mass is 10.0. The zero-order valence-electron chi connectivity index (χ0n) is 18.7. The Kier molecular flexibility index (Phi) is 9.64. The van der Waals surface area contributed by atoms with Crippen LogP contribution in [0.2, 0.25) is 0 Å². The Morgan fingerprint density at radius 1 is 1.18 bits per heavy atom. The molecule has 0 spiro atoms. The zero-order chi connectivity index (χ0) is 24.5. The van der Waals surface area contributed by atoms with Crippen LogP contribution < -0.4 is 20.2 Å². The van der Waals surface area contributed by atoms with Gasteiger partial charge in [-0.3, -0.25) is 9.59 Å². The van der Waals surface area contributed by atoms with Gasteiger partial charge in [-0.2, -0.15) is 5.10 Å². The normalized spacial score (nSPS) is 11.8. The summed E-state index contributed by atoms with van der Waals surface area (Å²) in [5.74, 6) is -1.42. The van der Waals surface area contributed by atoms with Gasteiger partial charge in [0, 0.05) is 5.56 Å². The predicted octanol–water partition coefficient (Wildman–Crippen LogP) is 2.98. The fourth-order valence-corrected chi connectivity index (χ4v) is 3.57. The van der Waals surface area contributed by atoms with Gasteiger partial charge in [0.2, 0.25) is 0 Å². The van der Waals surface area contributed by atoms with E-state index in [1.54, 1.807) is 24.3 Å². The average Bonchev–Trinajstić information content (AvgIpc) is 2.76. The predicted molar refractivity (Wildman–Crippen MR) is 132 cm³/mol. The molecule has 0 heterocycles. The number of nitrogens with zero attached hydrogens (tertiary/aromatic N) is 1. The molecule has 1 unspecified atom stereocenters. The Morgan fingerprint density at radius 3 is 2.42 bits per heavy atom. The molecule has 3 N–H and O–H groups in total. The van der Waals surface area contributed by atoms with Crippen LogP contribution in [0.5, 0.6) is 11.5 Å². The molecule has 2 rings (SSSR count). The van der Waals surface area contributed by atoms with Crippen LogP contribution in [0.25, 0.3) is 0 Å². The quantitative estimate of drug-likeness (QED) is 0.230. The molecule has 2 aromatic carbocycles. The first kappa shape index (κ1) is 26.1. The van der Waals surface area contributed by atoms with Crippen LogP contribution in [0, 0.1) is 16.4 Å². The molecule has 10 heteroatoms. The third-order valence-corrected chi connectivity index (χ3v) is 5.33. The van der Waals surface area contributed by atoms with Crippen LogP contribution in [0.15, 0.2) is 41.5 Å². The fourth-order valence-electron chi connectivity index (χ4n) is 2.79. The van der Waals surface area contributed by atoms with Gasteiger partial charge >= 0.3 is 5.97 Å². The highest BCUT2D eigenvalue weighted by Crippen LogP contribution is 2.33. The smallest absolute Gasteiger partial charge is 0.341 e. The molecule has 0 saturated carbocycles. The summed E-state index contributed by atoms with van der Waals surface area (Å²) >= 11 is 1.99. The number of aryl methyl sites for hydroxylation is 1. The molecule has 2 amide bonds. The third kappa shape index (κ3) is 7.74. The molecule has 176 valence electrons. The van der Waals surface area contributed by atoms with E-state index in [1.165, 1.54) is 13.3 Å². The number of hydrogen-bond acceptors (Lipinski definition) is 6. The second-order valence-electron chi connectivity index (χ2n) is 7.51. The first-order valence-electron chi connectivity index (χ1n) is 10.0. The summed E-state index contributed by atoms with van der Waals surface area (Å²) in [6.07, 6.45) is 1.42. The first-order chi connectivity index (χ1) is 15.6. The highest BCUT2D eigenvalue weighted by atomic mass is 127. The summed E-state index contributed by atoms with van der Waals surface area (Å²) in [5.41, 5.74) is 4.56. The molecule has 0 fully saturated rings. The van der Waals surface area contributed by atoms with Crippen molar-refractivity contribution >= 4 is 46.6 Å². The number of aliphatic carboxylic acids is 1. The number of carbonyl (C=O) groups is 3. The summed E-state index contributed by atoms with van der Waals surface area (Å²) in [5, 5.41) is 15.5. The summed E-state index contributed by atoms with van der Waals surface area (Å²) in [6, 6.07) is 9.60. The standard InChI is InChI=1S/C23H26IN3O6/c1-13(2)20(26-22(30)16-7-5-14(3)6-8-16)23(31)27-25-11-15-9-17(24)21(18(10-15)32-4)33-12-19(28)29/h5-11,13,20H,12H2,1-4H3,(H,26,30)(H,27,31)(H,28,29). The van der Waals surface area contributed by atoms with Crippen LogP contribution in [-0.4, -0.2) is 48.9 Å². The van der Waals surface area contributed by atoms with E-state index in [2.05, 4.69) is 15.8 Å². The van der Waals surface area contributed by atoms with Crippen molar-refractivity contribution in [2.75, 3.05) is 13.7 Å². The summed E-state index contributed by atoms with van der Waals surface area (Å²) in [4.78, 5) is 35.9. The molecule has 0 bridgehead atoms. The van der Waals surface area contributed by atoms with E-state index in [9.17, 15) is 14.4 Å². The molecular formula is C23H26IN3O6. The number of methoxy groups -OCH3 is 1. The minimum absolute atomic E-state index is 0.165. The number of hydrazone groups is 1. The maximum Gasteiger partial charge on any atom is 0.341 e. The minimum Gasteiger partial charge on any atom is -0.493 e. The number of carboxylic acid groups (broad SMARTS) is 1. The number of carboxylic acids is 1. The van der Waals surface area contributed by atoms with Gasteiger partial charge in [0.05, 0.1) is 16.9 Å². The van der Waals surface area contributed by atoms with Crippen molar-refractivity contribution in [1.82, 2.24) is 10.7 Å². The molecule has 0 saturated heterocycles. The van der Waals surface area contributed by atoms with E-state index in [0.717, 1.165) is 5.56 Å². The molecule has 0 aliphatic rings. The van der Waals surface area contributed by atoms with Crippen molar-refractivity contribution in [1.29, 1.82) is 0 Å². The lowest BCUT2D eigenvalue weighted by Gasteiger charge is -2.20. The first-order valence-corrected chi connectivity index (χ1v) is 11.1. The van der Waals surface area contributed by atoms with E-state index in [1.807, 2.05) is 55.5 Å². The molecule has 0 radical (unpaired) electrons. The Labute approximate surface area is 205 Å². The number of benzene rings is 2. The molecule has 0 aliphatic carbocycles. The number of halogens is 1. The average molecular weight is 567 g/mol. The van der Waals surface area contributed by atoms with Crippen LogP contribution in [0.4, 0.5) is 0 Å². The van der Waals surface area contributed by atoms with E-state index in [0.29, 0.717) is 26.2 Å². The second kappa shape index (κ2) is 12.2. The lowest BCUT2D eigenvalue weighted by Crippen LogP contribution is -2.48. The highest BCUT2D eigenvalue weighted by Gasteiger charge is 2.24. The zero-order valence-corrected chi connectivity index (χ0v) is 20.9. The van der Waals surface area contributed by atoms with Gasteiger partial charge in [-0.05, 0) is 65.3 Å². The Bertz CT molecular complexity index is 1040. The lowest BCUT2D eigenvalue weighted by molar-refractivity contribution is -0.139. The van der Waals surface area contributed by atoms with Crippen molar-refractivity contribution < 1.29 is 29.0 Å². The Hall–Kier alpha value is -3.15.